The molecule has 1 unspecified atom stereocenters. The maximum absolute atomic E-state index is 10.4. The first-order chi connectivity index (χ1) is 6.81. The summed E-state index contributed by atoms with van der Waals surface area (Å²) in [5.74, 6) is -0.312. The Labute approximate surface area is 89.8 Å². The van der Waals surface area contributed by atoms with Crippen LogP contribution in [0.5, 0.6) is 0 Å². The lowest BCUT2D eigenvalue weighted by atomic mass is 10.2. The fraction of sp³-hybridized carbons (Fsp3) is 0.143. The van der Waals surface area contributed by atoms with Crippen LogP contribution < -0.4 is 0 Å². The highest BCUT2D eigenvalue weighted by molar-refractivity contribution is 7.85. The van der Waals surface area contributed by atoms with Gasteiger partial charge in [-0.1, -0.05) is 30.3 Å². The SMILES string of the molecule is O=S(=O)(O)Cc1ccccc1.O=S([O-])O. The molecule has 1 aromatic carbocycles. The summed E-state index contributed by atoms with van der Waals surface area (Å²) in [4.78, 5) is 0. The molecule has 2 N–H and O–H groups in total. The van der Waals surface area contributed by atoms with Gasteiger partial charge in [0.15, 0.2) is 0 Å². The molecule has 0 radical (unpaired) electrons. The van der Waals surface area contributed by atoms with E-state index in [2.05, 4.69) is 0 Å². The van der Waals surface area contributed by atoms with E-state index in [1.807, 2.05) is 0 Å². The number of hydrogen-bond acceptors (Lipinski definition) is 4. The summed E-state index contributed by atoms with van der Waals surface area (Å²) in [7, 11) is -3.88. The van der Waals surface area contributed by atoms with Crippen molar-refractivity contribution in [2.45, 2.75) is 5.75 Å². The maximum Gasteiger partial charge on any atom is 0.269 e. The molecule has 1 aromatic rings. The molecule has 86 valence electrons. The highest BCUT2D eigenvalue weighted by Gasteiger charge is 2.04. The molecule has 15 heavy (non-hydrogen) atoms. The Kier molecular flexibility index (Phi) is 6.29. The zero-order valence-electron chi connectivity index (χ0n) is 7.44. The first-order valence-corrected chi connectivity index (χ1v) is 6.23. The van der Waals surface area contributed by atoms with Crippen molar-refractivity contribution >= 4 is 21.5 Å². The van der Waals surface area contributed by atoms with E-state index in [0.29, 0.717) is 5.56 Å². The van der Waals surface area contributed by atoms with Crippen LogP contribution in [-0.2, 0) is 27.2 Å². The maximum atomic E-state index is 10.4. The molecule has 0 heterocycles. The van der Waals surface area contributed by atoms with Gasteiger partial charge in [0.05, 0.1) is 11.4 Å². The second-order valence-electron chi connectivity index (χ2n) is 2.43. The molecule has 0 saturated carbocycles. The third-order valence-electron chi connectivity index (χ3n) is 1.19. The Bertz CT molecular complexity index is 395. The topological polar surface area (TPSA) is 115 Å². The van der Waals surface area contributed by atoms with Crippen molar-refractivity contribution in [1.29, 1.82) is 0 Å². The first kappa shape index (κ1) is 14.2. The zero-order valence-corrected chi connectivity index (χ0v) is 9.07. The molecule has 6 nitrogen and oxygen atoms in total. The van der Waals surface area contributed by atoms with Crippen molar-refractivity contribution < 1.29 is 26.3 Å². The molecule has 0 fully saturated rings. The predicted octanol–water partition coefficient (Wildman–Crippen LogP) is 0.413. The lowest BCUT2D eigenvalue weighted by Crippen LogP contribution is -2.00. The van der Waals surface area contributed by atoms with Crippen LogP contribution in [0.3, 0.4) is 0 Å². The average Bonchev–Trinajstić information content (AvgIpc) is 2.01. The van der Waals surface area contributed by atoms with Gasteiger partial charge in [-0.3, -0.25) is 4.55 Å². The number of benzene rings is 1. The number of rotatable bonds is 2. The summed E-state index contributed by atoms with van der Waals surface area (Å²) in [6.07, 6.45) is 0. The van der Waals surface area contributed by atoms with E-state index in [1.165, 1.54) is 0 Å². The Morgan fingerprint density at radius 1 is 1.27 bits per heavy atom. The Balaban J connectivity index is 0.000000423. The largest absolute Gasteiger partial charge is 0.750 e. The monoisotopic (exact) mass is 253 g/mol. The fourth-order valence-corrected chi connectivity index (χ4v) is 1.40. The third kappa shape index (κ3) is 11.1. The van der Waals surface area contributed by atoms with E-state index in [9.17, 15) is 8.42 Å². The van der Waals surface area contributed by atoms with E-state index >= 15 is 0 Å². The Hall–Kier alpha value is -0.800. The minimum absolute atomic E-state index is 0.312. The van der Waals surface area contributed by atoms with Crippen molar-refractivity contribution in [3.05, 3.63) is 35.9 Å². The van der Waals surface area contributed by atoms with E-state index < -0.39 is 21.5 Å². The van der Waals surface area contributed by atoms with Gasteiger partial charge in [0.2, 0.25) is 0 Å². The minimum Gasteiger partial charge on any atom is -0.750 e. The van der Waals surface area contributed by atoms with Gasteiger partial charge in [-0.05, 0) is 5.56 Å². The van der Waals surface area contributed by atoms with Gasteiger partial charge in [-0.2, -0.15) is 8.42 Å². The molecule has 0 aliphatic rings. The van der Waals surface area contributed by atoms with Crippen molar-refractivity contribution in [2.24, 2.45) is 0 Å². The smallest absolute Gasteiger partial charge is 0.269 e. The van der Waals surface area contributed by atoms with E-state index in [1.54, 1.807) is 30.3 Å². The van der Waals surface area contributed by atoms with Crippen LogP contribution in [0.25, 0.3) is 0 Å². The summed E-state index contributed by atoms with van der Waals surface area (Å²) < 4.78 is 53.2. The minimum atomic E-state index is -3.88. The van der Waals surface area contributed by atoms with Gasteiger partial charge in [-0.15, -0.1) is 0 Å². The molecule has 0 aliphatic heterocycles. The van der Waals surface area contributed by atoms with Crippen LogP contribution in [0.2, 0.25) is 0 Å². The molecule has 0 spiro atoms. The summed E-state index contributed by atoms with van der Waals surface area (Å²) in [5, 5.41) is 0. The summed E-state index contributed by atoms with van der Waals surface area (Å²) in [6, 6.07) is 8.52. The molecule has 1 rings (SSSR count). The zero-order chi connectivity index (χ0) is 11.9. The van der Waals surface area contributed by atoms with Crippen molar-refractivity contribution in [3.63, 3.8) is 0 Å². The fourth-order valence-electron chi connectivity index (χ4n) is 0.785. The highest BCUT2D eigenvalue weighted by Crippen LogP contribution is 2.02. The lowest BCUT2D eigenvalue weighted by Gasteiger charge is -1.95. The van der Waals surface area contributed by atoms with E-state index in [-0.39, 0.29) is 5.75 Å². The lowest BCUT2D eigenvalue weighted by molar-refractivity contribution is 0.436. The van der Waals surface area contributed by atoms with Gasteiger partial charge in [0.1, 0.15) is 5.75 Å². The molecular weight excluding hydrogens is 244 g/mol. The second-order valence-corrected chi connectivity index (χ2v) is 4.32. The molecule has 0 aliphatic carbocycles. The summed E-state index contributed by atoms with van der Waals surface area (Å²) in [5.41, 5.74) is 0.593. The average molecular weight is 253 g/mol. The van der Waals surface area contributed by atoms with Gasteiger partial charge in [0, 0.05) is 0 Å². The standard InChI is InChI=1S/C7H8O3S.H2O3S/c8-11(9,10)6-7-4-2-1-3-5-7;1-4(2)3/h1-5H,6H2,(H,8,9,10);(H2,1,2,3)/p-1. The Morgan fingerprint density at radius 3 is 2.00 bits per heavy atom. The molecular formula is C7H9O6S2-. The normalized spacial score (nSPS) is 12.5. The van der Waals surface area contributed by atoms with Crippen LogP contribution >= 0.6 is 0 Å². The van der Waals surface area contributed by atoms with Crippen molar-refractivity contribution in [2.75, 3.05) is 0 Å². The molecule has 8 heteroatoms. The predicted molar refractivity (Wildman–Crippen MR) is 53.2 cm³/mol. The van der Waals surface area contributed by atoms with Crippen molar-refractivity contribution in [1.82, 2.24) is 0 Å². The molecule has 0 amide bonds. The van der Waals surface area contributed by atoms with Gasteiger partial charge < -0.3 is 9.11 Å². The van der Waals surface area contributed by atoms with Gasteiger partial charge in [-0.25, -0.2) is 4.21 Å². The van der Waals surface area contributed by atoms with E-state index in [4.69, 9.17) is 17.9 Å². The van der Waals surface area contributed by atoms with Gasteiger partial charge in [0.25, 0.3) is 10.1 Å². The van der Waals surface area contributed by atoms with Gasteiger partial charge >= 0.3 is 0 Å². The quantitative estimate of drug-likeness (QED) is 0.582. The molecule has 1 atom stereocenters. The van der Waals surface area contributed by atoms with Crippen LogP contribution in [0.4, 0.5) is 0 Å². The van der Waals surface area contributed by atoms with Crippen LogP contribution in [-0.4, -0.2) is 26.3 Å². The highest BCUT2D eigenvalue weighted by atomic mass is 32.2. The number of hydrogen-bond donors (Lipinski definition) is 2. The van der Waals surface area contributed by atoms with E-state index in [0.717, 1.165) is 0 Å². The summed E-state index contributed by atoms with van der Waals surface area (Å²) in [6.45, 7) is 0. The molecule has 0 bridgehead atoms. The summed E-state index contributed by atoms with van der Waals surface area (Å²) >= 11 is -2.86. The Morgan fingerprint density at radius 2 is 1.67 bits per heavy atom. The first-order valence-electron chi connectivity index (χ1n) is 3.58. The van der Waals surface area contributed by atoms with Crippen molar-refractivity contribution in [3.8, 4) is 0 Å². The second kappa shape index (κ2) is 6.64. The van der Waals surface area contributed by atoms with Crippen LogP contribution in [0, 0.1) is 0 Å². The third-order valence-corrected chi connectivity index (χ3v) is 1.89. The molecule has 0 saturated heterocycles. The van der Waals surface area contributed by atoms with Crippen LogP contribution in [0.1, 0.15) is 5.56 Å². The molecule has 0 aromatic heterocycles. The van der Waals surface area contributed by atoms with Crippen LogP contribution in [0.15, 0.2) is 30.3 Å².